The minimum atomic E-state index is -0.461. The first-order valence-electron chi connectivity index (χ1n) is 5.45. The Morgan fingerprint density at radius 2 is 2.15 bits per heavy atom. The number of nitrogens with zero attached hydrogens (tertiary/aromatic N) is 2. The number of nitrogens with two attached hydrogens (primary N) is 1. The van der Waals surface area contributed by atoms with Gasteiger partial charge in [0.1, 0.15) is 0 Å². The summed E-state index contributed by atoms with van der Waals surface area (Å²) in [5.41, 5.74) is 5.75. The molecule has 7 nitrogen and oxygen atoms in total. The van der Waals surface area contributed by atoms with Crippen LogP contribution in [0.15, 0.2) is 33.9 Å². The molecule has 104 valence electrons. The van der Waals surface area contributed by atoms with E-state index < -0.39 is 11.8 Å². The van der Waals surface area contributed by atoms with Gasteiger partial charge in [0.05, 0.1) is 11.3 Å². The lowest BCUT2D eigenvalue weighted by Gasteiger charge is -2.04. The first-order chi connectivity index (χ1) is 9.56. The fourth-order valence-electron chi connectivity index (χ4n) is 1.33. The molecule has 2 aromatic rings. The first kappa shape index (κ1) is 14.5. The Kier molecular flexibility index (Phi) is 4.74. The Hall–Kier alpha value is -1.87. The van der Waals surface area contributed by atoms with E-state index in [9.17, 15) is 9.59 Å². The highest BCUT2D eigenvalue weighted by atomic mass is 79.9. The molecule has 0 aliphatic heterocycles. The van der Waals surface area contributed by atoms with Crippen LogP contribution in [0.1, 0.15) is 10.4 Å². The van der Waals surface area contributed by atoms with E-state index in [-0.39, 0.29) is 11.7 Å². The van der Waals surface area contributed by atoms with E-state index in [4.69, 9.17) is 5.73 Å². The standard InChI is InChI=1S/C11H10BrN5O2S/c12-7-4-2-1-3-6(7)9(19)14-8(18)5-20-11-15-10(13)16-17-11/h1-4H,5H2,(H,14,18,19)(H3,13,15,16,17). The molecule has 0 unspecified atom stereocenters. The zero-order valence-electron chi connectivity index (χ0n) is 10.1. The number of H-pyrrole nitrogens is 1. The molecule has 9 heteroatoms. The van der Waals surface area contributed by atoms with Gasteiger partial charge in [-0.3, -0.25) is 14.9 Å². The number of carbonyl (C=O) groups excluding carboxylic acids is 2. The van der Waals surface area contributed by atoms with Crippen LogP contribution in [0.2, 0.25) is 0 Å². The molecule has 0 aliphatic carbocycles. The fourth-order valence-corrected chi connectivity index (χ4v) is 2.40. The number of amides is 2. The van der Waals surface area contributed by atoms with Crippen molar-refractivity contribution in [2.24, 2.45) is 0 Å². The monoisotopic (exact) mass is 355 g/mol. The Bertz CT molecular complexity index is 645. The third-order valence-corrected chi connectivity index (χ3v) is 3.72. The Labute approximate surface area is 126 Å². The number of thioether (sulfide) groups is 1. The zero-order valence-corrected chi connectivity index (χ0v) is 12.5. The minimum Gasteiger partial charge on any atom is -0.368 e. The van der Waals surface area contributed by atoms with Gasteiger partial charge in [0.15, 0.2) is 0 Å². The van der Waals surface area contributed by atoms with E-state index in [1.807, 2.05) is 0 Å². The molecule has 0 saturated carbocycles. The highest BCUT2D eigenvalue weighted by molar-refractivity contribution is 9.10. The molecule has 20 heavy (non-hydrogen) atoms. The second-order valence-electron chi connectivity index (χ2n) is 3.65. The van der Waals surface area contributed by atoms with Crippen LogP contribution in [0.3, 0.4) is 0 Å². The van der Waals surface area contributed by atoms with Gasteiger partial charge in [0.25, 0.3) is 5.91 Å². The summed E-state index contributed by atoms with van der Waals surface area (Å²) in [6, 6.07) is 6.85. The first-order valence-corrected chi connectivity index (χ1v) is 7.23. The number of nitrogen functional groups attached to an aromatic ring is 1. The molecule has 2 amide bonds. The summed E-state index contributed by atoms with van der Waals surface area (Å²) in [5, 5.41) is 8.87. The van der Waals surface area contributed by atoms with Crippen LogP contribution < -0.4 is 11.1 Å². The molecule has 1 aromatic carbocycles. The lowest BCUT2D eigenvalue weighted by atomic mass is 10.2. The Morgan fingerprint density at radius 1 is 1.40 bits per heavy atom. The molecule has 0 radical (unpaired) electrons. The number of halogens is 1. The van der Waals surface area contributed by atoms with Crippen LogP contribution >= 0.6 is 27.7 Å². The Balaban J connectivity index is 1.88. The van der Waals surface area contributed by atoms with Crippen LogP contribution in [0.25, 0.3) is 0 Å². The third kappa shape index (κ3) is 3.81. The average molecular weight is 356 g/mol. The smallest absolute Gasteiger partial charge is 0.259 e. The number of imide groups is 1. The number of benzene rings is 1. The van der Waals surface area contributed by atoms with Crippen molar-refractivity contribution in [1.82, 2.24) is 20.5 Å². The van der Waals surface area contributed by atoms with Crippen LogP contribution in [-0.4, -0.2) is 32.7 Å². The van der Waals surface area contributed by atoms with E-state index in [2.05, 4.69) is 36.4 Å². The quantitative estimate of drug-likeness (QED) is 0.710. The lowest BCUT2D eigenvalue weighted by Crippen LogP contribution is -2.32. The number of rotatable bonds is 4. The van der Waals surface area contributed by atoms with E-state index in [0.717, 1.165) is 11.8 Å². The van der Waals surface area contributed by atoms with Gasteiger partial charge >= 0.3 is 0 Å². The van der Waals surface area contributed by atoms with E-state index >= 15 is 0 Å². The lowest BCUT2D eigenvalue weighted by molar-refractivity contribution is -0.117. The number of hydrogen-bond acceptors (Lipinski definition) is 6. The van der Waals surface area contributed by atoms with Gasteiger partial charge in [0, 0.05) is 4.47 Å². The van der Waals surface area contributed by atoms with Gasteiger partial charge in [-0.15, -0.1) is 5.10 Å². The number of aromatic nitrogens is 3. The van der Waals surface area contributed by atoms with E-state index in [1.54, 1.807) is 24.3 Å². The maximum absolute atomic E-state index is 11.9. The average Bonchev–Trinajstić information content (AvgIpc) is 2.82. The summed E-state index contributed by atoms with van der Waals surface area (Å²) >= 11 is 4.33. The van der Waals surface area contributed by atoms with Gasteiger partial charge < -0.3 is 5.73 Å². The fraction of sp³-hybridized carbons (Fsp3) is 0.0909. The third-order valence-electron chi connectivity index (χ3n) is 2.19. The molecule has 0 spiro atoms. The molecular weight excluding hydrogens is 346 g/mol. The SMILES string of the molecule is Nc1nc(SCC(=O)NC(=O)c2ccccc2Br)n[nH]1. The van der Waals surface area contributed by atoms with Gasteiger partial charge in [-0.1, -0.05) is 23.9 Å². The van der Waals surface area contributed by atoms with Crippen molar-refractivity contribution in [3.8, 4) is 0 Å². The molecule has 0 fully saturated rings. The van der Waals surface area contributed by atoms with Gasteiger partial charge in [-0.05, 0) is 28.1 Å². The van der Waals surface area contributed by atoms with E-state index in [1.165, 1.54) is 0 Å². The summed E-state index contributed by atoms with van der Waals surface area (Å²) in [6.07, 6.45) is 0. The zero-order chi connectivity index (χ0) is 14.5. The summed E-state index contributed by atoms with van der Waals surface area (Å²) < 4.78 is 0.625. The van der Waals surface area contributed by atoms with Crippen LogP contribution in [0.5, 0.6) is 0 Å². The summed E-state index contributed by atoms with van der Waals surface area (Å²) in [5.74, 6) is -0.693. The summed E-state index contributed by atoms with van der Waals surface area (Å²) in [6.45, 7) is 0. The topological polar surface area (TPSA) is 114 Å². The second kappa shape index (κ2) is 6.53. The highest BCUT2D eigenvalue weighted by Crippen LogP contribution is 2.16. The highest BCUT2D eigenvalue weighted by Gasteiger charge is 2.13. The maximum atomic E-state index is 11.9. The predicted octanol–water partition coefficient (Wildman–Crippen LogP) is 1.20. The van der Waals surface area contributed by atoms with Crippen LogP contribution in [-0.2, 0) is 4.79 Å². The number of anilines is 1. The van der Waals surface area contributed by atoms with Gasteiger partial charge in [-0.25, -0.2) is 5.10 Å². The molecule has 1 aromatic heterocycles. The minimum absolute atomic E-state index is 0.0213. The number of carbonyl (C=O) groups is 2. The molecular formula is C11H10BrN5O2S. The molecule has 1 heterocycles. The van der Waals surface area contributed by atoms with Crippen molar-refractivity contribution in [1.29, 1.82) is 0 Å². The van der Waals surface area contributed by atoms with Crippen LogP contribution in [0.4, 0.5) is 5.95 Å². The van der Waals surface area contributed by atoms with Crippen molar-refractivity contribution in [3.63, 3.8) is 0 Å². The number of hydrogen-bond donors (Lipinski definition) is 3. The van der Waals surface area contributed by atoms with Gasteiger partial charge in [0.2, 0.25) is 17.0 Å². The molecule has 0 bridgehead atoms. The molecule has 4 N–H and O–H groups in total. The van der Waals surface area contributed by atoms with Crippen LogP contribution in [0, 0.1) is 0 Å². The molecule has 0 atom stereocenters. The van der Waals surface area contributed by atoms with Crippen molar-refractivity contribution >= 4 is 45.5 Å². The predicted molar refractivity (Wildman–Crippen MR) is 78.1 cm³/mol. The van der Waals surface area contributed by atoms with Crippen molar-refractivity contribution in [2.75, 3.05) is 11.5 Å². The maximum Gasteiger partial charge on any atom is 0.259 e. The van der Waals surface area contributed by atoms with Gasteiger partial charge in [-0.2, -0.15) is 4.98 Å². The van der Waals surface area contributed by atoms with E-state index in [0.29, 0.717) is 15.2 Å². The van der Waals surface area contributed by atoms with Crippen molar-refractivity contribution in [3.05, 3.63) is 34.3 Å². The number of aromatic amines is 1. The normalized spacial score (nSPS) is 10.2. The second-order valence-corrected chi connectivity index (χ2v) is 5.45. The van der Waals surface area contributed by atoms with Crippen molar-refractivity contribution < 1.29 is 9.59 Å². The molecule has 0 saturated heterocycles. The number of nitrogens with one attached hydrogen (secondary N) is 2. The summed E-state index contributed by atoms with van der Waals surface area (Å²) in [4.78, 5) is 27.4. The summed E-state index contributed by atoms with van der Waals surface area (Å²) in [7, 11) is 0. The molecule has 0 aliphatic rings. The molecule has 2 rings (SSSR count). The van der Waals surface area contributed by atoms with Crippen molar-refractivity contribution in [2.45, 2.75) is 5.16 Å². The largest absolute Gasteiger partial charge is 0.368 e. The Morgan fingerprint density at radius 3 is 2.80 bits per heavy atom.